The van der Waals surface area contributed by atoms with E-state index in [0.29, 0.717) is 6.54 Å². The maximum absolute atomic E-state index is 10.8. The Hall–Kier alpha value is -1.75. The van der Waals surface area contributed by atoms with Gasteiger partial charge in [-0.05, 0) is 38.1 Å². The van der Waals surface area contributed by atoms with Gasteiger partial charge in [0.1, 0.15) is 11.5 Å². The van der Waals surface area contributed by atoms with E-state index >= 15 is 0 Å². The van der Waals surface area contributed by atoms with Crippen molar-refractivity contribution in [3.8, 4) is 11.5 Å². The van der Waals surface area contributed by atoms with Crippen LogP contribution in [0.2, 0.25) is 0 Å². The molecule has 0 spiro atoms. The van der Waals surface area contributed by atoms with Gasteiger partial charge in [-0.2, -0.15) is 0 Å². The predicted molar refractivity (Wildman–Crippen MR) is 72.3 cm³/mol. The molecule has 0 amide bonds. The molecule has 5 heteroatoms. The van der Waals surface area contributed by atoms with Gasteiger partial charge in [0.15, 0.2) is 0 Å². The van der Waals surface area contributed by atoms with E-state index in [4.69, 9.17) is 5.11 Å². The fraction of sp³-hybridized carbons (Fsp3) is 0.500. The maximum atomic E-state index is 10.8. The number of carboxylic acid groups (broad SMARTS) is 1. The molecule has 0 aliphatic carbocycles. The van der Waals surface area contributed by atoms with Crippen molar-refractivity contribution in [3.05, 3.63) is 23.8 Å². The summed E-state index contributed by atoms with van der Waals surface area (Å²) in [4.78, 5) is 12.8. The molecule has 0 fully saturated rings. The van der Waals surface area contributed by atoms with Gasteiger partial charge >= 0.3 is 5.97 Å². The topological polar surface area (TPSA) is 81.0 Å². The van der Waals surface area contributed by atoms with Gasteiger partial charge in [0, 0.05) is 18.2 Å². The standard InChI is InChI=1S/C14H21NO4/c1-4-15(9(2)5-14(18)19)10(3)11-6-12(16)8-13(17)7-11/h6-10,16-17H,4-5H2,1-3H3,(H,18,19). The molecule has 0 bridgehead atoms. The summed E-state index contributed by atoms with van der Waals surface area (Å²) in [6.45, 7) is 6.43. The third-order valence-electron chi connectivity index (χ3n) is 3.31. The van der Waals surface area contributed by atoms with Gasteiger partial charge in [0.05, 0.1) is 6.42 Å². The highest BCUT2D eigenvalue weighted by atomic mass is 16.4. The van der Waals surface area contributed by atoms with E-state index in [0.717, 1.165) is 5.56 Å². The van der Waals surface area contributed by atoms with Gasteiger partial charge < -0.3 is 15.3 Å². The molecule has 0 aliphatic heterocycles. The molecule has 19 heavy (non-hydrogen) atoms. The van der Waals surface area contributed by atoms with E-state index in [2.05, 4.69) is 0 Å². The van der Waals surface area contributed by atoms with E-state index in [1.54, 1.807) is 12.1 Å². The lowest BCUT2D eigenvalue weighted by molar-refractivity contribution is -0.138. The molecular formula is C14H21NO4. The van der Waals surface area contributed by atoms with E-state index in [-0.39, 0.29) is 30.0 Å². The summed E-state index contributed by atoms with van der Waals surface area (Å²) < 4.78 is 0. The second kappa shape index (κ2) is 6.43. The number of carbonyl (C=O) groups is 1. The second-order valence-corrected chi connectivity index (χ2v) is 4.74. The fourth-order valence-corrected chi connectivity index (χ4v) is 2.39. The number of hydrogen-bond donors (Lipinski definition) is 3. The van der Waals surface area contributed by atoms with Gasteiger partial charge in [-0.25, -0.2) is 0 Å². The number of aliphatic carboxylic acids is 1. The molecule has 5 nitrogen and oxygen atoms in total. The summed E-state index contributed by atoms with van der Waals surface area (Å²) in [6.07, 6.45) is 0.0585. The molecule has 3 N–H and O–H groups in total. The lowest BCUT2D eigenvalue weighted by Gasteiger charge is -2.33. The number of nitrogens with zero attached hydrogens (tertiary/aromatic N) is 1. The molecular weight excluding hydrogens is 246 g/mol. The van der Waals surface area contributed by atoms with E-state index in [1.165, 1.54) is 6.07 Å². The molecule has 0 saturated heterocycles. The molecule has 2 atom stereocenters. The molecule has 0 aromatic heterocycles. The Morgan fingerprint density at radius 1 is 1.21 bits per heavy atom. The third-order valence-corrected chi connectivity index (χ3v) is 3.31. The first-order valence-electron chi connectivity index (χ1n) is 6.35. The number of phenols is 2. The van der Waals surface area contributed by atoms with E-state index < -0.39 is 5.97 Å². The highest BCUT2D eigenvalue weighted by Crippen LogP contribution is 2.29. The molecule has 0 aliphatic rings. The van der Waals surface area contributed by atoms with Crippen LogP contribution >= 0.6 is 0 Å². The Balaban J connectivity index is 2.94. The first kappa shape index (κ1) is 15.3. The average Bonchev–Trinajstić information content (AvgIpc) is 2.27. The number of hydrogen-bond acceptors (Lipinski definition) is 4. The normalized spacial score (nSPS) is 14.3. The first-order valence-corrected chi connectivity index (χ1v) is 6.35. The number of phenolic OH excluding ortho intramolecular Hbond substituents is 2. The fourth-order valence-electron chi connectivity index (χ4n) is 2.39. The SMILES string of the molecule is CCN(C(C)CC(=O)O)C(C)c1cc(O)cc(O)c1. The highest BCUT2D eigenvalue weighted by Gasteiger charge is 2.22. The number of benzene rings is 1. The largest absolute Gasteiger partial charge is 0.508 e. The Morgan fingerprint density at radius 2 is 1.74 bits per heavy atom. The summed E-state index contributed by atoms with van der Waals surface area (Å²) in [5.41, 5.74) is 0.761. The minimum absolute atomic E-state index is 0.00351. The van der Waals surface area contributed by atoms with Crippen LogP contribution in [0.4, 0.5) is 0 Å². The summed E-state index contributed by atoms with van der Waals surface area (Å²) in [6, 6.07) is 4.23. The van der Waals surface area contributed by atoms with Crippen LogP contribution in [0, 0.1) is 0 Å². The molecule has 0 heterocycles. The van der Waals surface area contributed by atoms with Crippen LogP contribution in [0.3, 0.4) is 0 Å². The van der Waals surface area contributed by atoms with Gasteiger partial charge in [-0.1, -0.05) is 6.92 Å². The Kier molecular flexibility index (Phi) is 5.18. The monoisotopic (exact) mass is 267 g/mol. The summed E-state index contributed by atoms with van der Waals surface area (Å²) in [7, 11) is 0. The zero-order chi connectivity index (χ0) is 14.6. The van der Waals surface area contributed by atoms with Crippen molar-refractivity contribution < 1.29 is 20.1 Å². The van der Waals surface area contributed by atoms with Crippen molar-refractivity contribution in [3.63, 3.8) is 0 Å². The average molecular weight is 267 g/mol. The molecule has 2 unspecified atom stereocenters. The molecule has 0 radical (unpaired) electrons. The van der Waals surface area contributed by atoms with Crippen LogP contribution in [-0.2, 0) is 4.79 Å². The van der Waals surface area contributed by atoms with Crippen LogP contribution in [0.15, 0.2) is 18.2 Å². The summed E-state index contributed by atoms with van der Waals surface area (Å²) in [5, 5.41) is 27.9. The minimum Gasteiger partial charge on any atom is -0.508 e. The Labute approximate surface area is 113 Å². The third kappa shape index (κ3) is 4.13. The van der Waals surface area contributed by atoms with Crippen LogP contribution in [0.25, 0.3) is 0 Å². The first-order chi connectivity index (χ1) is 8.85. The lowest BCUT2D eigenvalue weighted by Crippen LogP contribution is -2.36. The number of carboxylic acids is 1. The van der Waals surface area contributed by atoms with Crippen molar-refractivity contribution >= 4 is 5.97 Å². The van der Waals surface area contributed by atoms with Gasteiger partial charge in [-0.15, -0.1) is 0 Å². The molecule has 0 saturated carbocycles. The number of rotatable bonds is 6. The van der Waals surface area contributed by atoms with Crippen molar-refractivity contribution in [2.24, 2.45) is 0 Å². The highest BCUT2D eigenvalue weighted by molar-refractivity contribution is 5.67. The number of aromatic hydroxyl groups is 2. The zero-order valence-electron chi connectivity index (χ0n) is 11.5. The van der Waals surface area contributed by atoms with Gasteiger partial charge in [0.25, 0.3) is 0 Å². The summed E-state index contributed by atoms with van der Waals surface area (Å²) in [5.74, 6) is -0.829. The molecule has 1 aromatic carbocycles. The Bertz CT molecular complexity index is 427. The molecule has 106 valence electrons. The summed E-state index contributed by atoms with van der Waals surface area (Å²) >= 11 is 0. The van der Waals surface area contributed by atoms with Crippen molar-refractivity contribution in [2.45, 2.75) is 39.3 Å². The second-order valence-electron chi connectivity index (χ2n) is 4.74. The van der Waals surface area contributed by atoms with E-state index in [9.17, 15) is 15.0 Å². The minimum atomic E-state index is -0.836. The van der Waals surface area contributed by atoms with Crippen molar-refractivity contribution in [2.75, 3.05) is 6.54 Å². The van der Waals surface area contributed by atoms with Crippen molar-refractivity contribution in [1.82, 2.24) is 4.90 Å². The van der Waals surface area contributed by atoms with Crippen LogP contribution in [-0.4, -0.2) is 38.8 Å². The quantitative estimate of drug-likeness (QED) is 0.737. The molecule has 1 rings (SSSR count). The van der Waals surface area contributed by atoms with E-state index in [1.807, 2.05) is 25.7 Å². The van der Waals surface area contributed by atoms with Crippen molar-refractivity contribution in [1.29, 1.82) is 0 Å². The van der Waals surface area contributed by atoms with Gasteiger partial charge in [0.2, 0.25) is 0 Å². The molecule has 1 aromatic rings. The van der Waals surface area contributed by atoms with Gasteiger partial charge in [-0.3, -0.25) is 9.69 Å². The zero-order valence-corrected chi connectivity index (χ0v) is 11.5. The van der Waals surface area contributed by atoms with Crippen LogP contribution in [0.5, 0.6) is 11.5 Å². The maximum Gasteiger partial charge on any atom is 0.304 e. The Morgan fingerprint density at radius 3 is 2.16 bits per heavy atom. The lowest BCUT2D eigenvalue weighted by atomic mass is 10.0. The van der Waals surface area contributed by atoms with Crippen LogP contribution < -0.4 is 0 Å². The predicted octanol–water partition coefficient (Wildman–Crippen LogP) is 2.34. The smallest absolute Gasteiger partial charge is 0.304 e. The van der Waals surface area contributed by atoms with Crippen LogP contribution in [0.1, 0.15) is 38.8 Å².